The van der Waals surface area contributed by atoms with Gasteiger partial charge < -0.3 is 15.4 Å². The second kappa shape index (κ2) is 7.53. The fourth-order valence-corrected chi connectivity index (χ4v) is 1.70. The highest BCUT2D eigenvalue weighted by atomic mass is 16.6. The smallest absolute Gasteiger partial charge is 0.407 e. The van der Waals surface area contributed by atoms with Gasteiger partial charge in [0.15, 0.2) is 0 Å². The van der Waals surface area contributed by atoms with E-state index in [2.05, 4.69) is 16.7 Å². The average Bonchev–Trinajstić information content (AvgIpc) is 2.38. The maximum absolute atomic E-state index is 11.4. The van der Waals surface area contributed by atoms with E-state index < -0.39 is 11.7 Å². The topological polar surface area (TPSA) is 74.2 Å². The Morgan fingerprint density at radius 1 is 1.33 bits per heavy atom. The van der Waals surface area contributed by atoms with Crippen LogP contribution in [0.1, 0.15) is 38.3 Å². The van der Waals surface area contributed by atoms with Crippen molar-refractivity contribution in [3.63, 3.8) is 0 Å². The highest BCUT2D eigenvalue weighted by Crippen LogP contribution is 2.16. The number of carbonyl (C=O) groups is 1. The van der Waals surface area contributed by atoms with Gasteiger partial charge in [0.2, 0.25) is 0 Å². The normalized spacial score (nSPS) is 10.6. The Hall–Kier alpha value is -2.22. The van der Waals surface area contributed by atoms with Gasteiger partial charge in [0.05, 0.1) is 11.6 Å². The summed E-state index contributed by atoms with van der Waals surface area (Å²) in [5.41, 5.74) is 2.20. The lowest BCUT2D eigenvalue weighted by Crippen LogP contribution is -2.33. The van der Waals surface area contributed by atoms with Gasteiger partial charge in [-0.3, -0.25) is 0 Å². The third-order valence-corrected chi connectivity index (χ3v) is 2.70. The molecule has 0 unspecified atom stereocenters. The molecule has 0 aliphatic carbocycles. The summed E-state index contributed by atoms with van der Waals surface area (Å²) in [6.45, 7) is 8.74. The molecule has 1 amide bonds. The molecule has 0 atom stereocenters. The largest absolute Gasteiger partial charge is 0.444 e. The van der Waals surface area contributed by atoms with Crippen molar-refractivity contribution in [1.82, 2.24) is 5.32 Å². The quantitative estimate of drug-likeness (QED) is 0.816. The molecule has 21 heavy (non-hydrogen) atoms. The summed E-state index contributed by atoms with van der Waals surface area (Å²) in [5, 5.41) is 14.9. The first-order valence-corrected chi connectivity index (χ1v) is 7.03. The number of nitrogens with zero attached hydrogens (tertiary/aromatic N) is 1. The fraction of sp³-hybridized carbons (Fsp3) is 0.500. The Kier molecular flexibility index (Phi) is 6.04. The second-order valence-corrected chi connectivity index (χ2v) is 5.85. The van der Waals surface area contributed by atoms with Crippen LogP contribution in [0.4, 0.5) is 10.5 Å². The average molecular weight is 289 g/mol. The number of anilines is 1. The lowest BCUT2D eigenvalue weighted by molar-refractivity contribution is 0.0528. The Balaban J connectivity index is 2.29. The lowest BCUT2D eigenvalue weighted by Gasteiger charge is -2.19. The molecule has 0 aliphatic heterocycles. The molecule has 0 saturated carbocycles. The third-order valence-electron chi connectivity index (χ3n) is 2.70. The summed E-state index contributed by atoms with van der Waals surface area (Å²) >= 11 is 0. The summed E-state index contributed by atoms with van der Waals surface area (Å²) in [4.78, 5) is 11.4. The van der Waals surface area contributed by atoms with E-state index in [-0.39, 0.29) is 0 Å². The summed E-state index contributed by atoms with van der Waals surface area (Å²) in [5.74, 6) is 0. The van der Waals surface area contributed by atoms with Crippen LogP contribution in [0, 0.1) is 18.3 Å². The molecular weight excluding hydrogens is 266 g/mol. The van der Waals surface area contributed by atoms with E-state index >= 15 is 0 Å². The van der Waals surface area contributed by atoms with Crippen LogP contribution in [0.2, 0.25) is 0 Å². The first kappa shape index (κ1) is 16.8. The molecule has 0 fully saturated rings. The van der Waals surface area contributed by atoms with E-state index in [9.17, 15) is 4.79 Å². The zero-order valence-electron chi connectivity index (χ0n) is 13.1. The van der Waals surface area contributed by atoms with Gasteiger partial charge in [0.25, 0.3) is 0 Å². The predicted octanol–water partition coefficient (Wildman–Crippen LogP) is 3.19. The molecule has 2 N–H and O–H groups in total. The number of nitriles is 1. The molecular formula is C16H23N3O2. The van der Waals surface area contributed by atoms with Gasteiger partial charge in [0.1, 0.15) is 5.60 Å². The molecule has 0 bridgehead atoms. The van der Waals surface area contributed by atoms with Crippen LogP contribution in [-0.2, 0) is 4.74 Å². The van der Waals surface area contributed by atoms with Gasteiger partial charge in [-0.15, -0.1) is 0 Å². The molecule has 0 aliphatic rings. The van der Waals surface area contributed by atoms with E-state index in [1.165, 1.54) is 0 Å². The minimum Gasteiger partial charge on any atom is -0.444 e. The van der Waals surface area contributed by atoms with E-state index in [1.54, 1.807) is 6.07 Å². The summed E-state index contributed by atoms with van der Waals surface area (Å²) in [6, 6.07) is 7.66. The maximum Gasteiger partial charge on any atom is 0.407 e. The van der Waals surface area contributed by atoms with Crippen LogP contribution in [-0.4, -0.2) is 24.8 Å². The molecule has 5 nitrogen and oxygen atoms in total. The first-order chi connectivity index (χ1) is 9.81. The Morgan fingerprint density at radius 2 is 2.05 bits per heavy atom. The van der Waals surface area contributed by atoms with E-state index in [4.69, 9.17) is 10.00 Å². The highest BCUT2D eigenvalue weighted by Gasteiger charge is 2.15. The van der Waals surface area contributed by atoms with Crippen LogP contribution in [0.5, 0.6) is 0 Å². The van der Waals surface area contributed by atoms with Gasteiger partial charge in [-0.25, -0.2) is 4.79 Å². The molecule has 0 aromatic heterocycles. The molecule has 0 saturated heterocycles. The molecule has 5 heteroatoms. The highest BCUT2D eigenvalue weighted by molar-refractivity contribution is 5.67. The van der Waals surface area contributed by atoms with Crippen LogP contribution in [0.15, 0.2) is 18.2 Å². The molecule has 0 heterocycles. The van der Waals surface area contributed by atoms with Crippen LogP contribution in [0.3, 0.4) is 0 Å². The number of hydrogen-bond donors (Lipinski definition) is 2. The number of alkyl carbamates (subject to hydrolysis) is 1. The van der Waals surface area contributed by atoms with Crippen molar-refractivity contribution < 1.29 is 9.53 Å². The van der Waals surface area contributed by atoms with Crippen molar-refractivity contribution >= 4 is 11.8 Å². The zero-order chi connectivity index (χ0) is 15.9. The van der Waals surface area contributed by atoms with Crippen LogP contribution < -0.4 is 10.6 Å². The lowest BCUT2D eigenvalue weighted by atomic mass is 10.1. The molecule has 1 aromatic rings. The molecule has 0 spiro atoms. The van der Waals surface area contributed by atoms with Crippen molar-refractivity contribution in [3.8, 4) is 6.07 Å². The van der Waals surface area contributed by atoms with Crippen molar-refractivity contribution in [2.45, 2.75) is 39.7 Å². The molecule has 0 radical (unpaired) electrons. The van der Waals surface area contributed by atoms with Crippen molar-refractivity contribution in [2.24, 2.45) is 0 Å². The summed E-state index contributed by atoms with van der Waals surface area (Å²) in [7, 11) is 0. The minimum absolute atomic E-state index is 0.398. The van der Waals surface area contributed by atoms with Gasteiger partial charge in [-0.1, -0.05) is 6.07 Å². The van der Waals surface area contributed by atoms with Crippen molar-refractivity contribution in [2.75, 3.05) is 18.4 Å². The van der Waals surface area contributed by atoms with Crippen molar-refractivity contribution in [3.05, 3.63) is 29.3 Å². The first-order valence-electron chi connectivity index (χ1n) is 7.03. The Labute approximate surface area is 126 Å². The number of carbonyl (C=O) groups excluding carboxylic acids is 1. The molecule has 114 valence electrons. The van der Waals surface area contributed by atoms with Crippen LogP contribution >= 0.6 is 0 Å². The van der Waals surface area contributed by atoms with Gasteiger partial charge in [-0.05, 0) is 51.8 Å². The standard InChI is InChI=1S/C16H23N3O2/c1-12-6-7-13(11-17)10-14(12)18-8-5-9-19-15(20)21-16(2,3)4/h6-7,10,18H,5,8-9H2,1-4H3,(H,19,20). The summed E-state index contributed by atoms with van der Waals surface area (Å²) < 4.78 is 5.15. The van der Waals surface area contributed by atoms with Gasteiger partial charge in [-0.2, -0.15) is 5.26 Å². The Morgan fingerprint density at radius 3 is 2.67 bits per heavy atom. The van der Waals surface area contributed by atoms with E-state index in [0.717, 1.165) is 17.7 Å². The monoisotopic (exact) mass is 289 g/mol. The number of hydrogen-bond acceptors (Lipinski definition) is 4. The number of nitrogens with one attached hydrogen (secondary N) is 2. The minimum atomic E-state index is -0.475. The number of aryl methyl sites for hydroxylation is 1. The Bertz CT molecular complexity index is 527. The zero-order valence-corrected chi connectivity index (χ0v) is 13.1. The number of amides is 1. The molecule has 1 aromatic carbocycles. The SMILES string of the molecule is Cc1ccc(C#N)cc1NCCCNC(=O)OC(C)(C)C. The van der Waals surface area contributed by atoms with Crippen LogP contribution in [0.25, 0.3) is 0 Å². The summed E-state index contributed by atoms with van der Waals surface area (Å²) in [6.07, 6.45) is 0.375. The van der Waals surface area contributed by atoms with Crippen molar-refractivity contribution in [1.29, 1.82) is 5.26 Å². The molecule has 1 rings (SSSR count). The number of benzene rings is 1. The second-order valence-electron chi connectivity index (χ2n) is 5.85. The fourth-order valence-electron chi connectivity index (χ4n) is 1.70. The van der Waals surface area contributed by atoms with Gasteiger partial charge >= 0.3 is 6.09 Å². The number of rotatable bonds is 5. The predicted molar refractivity (Wildman–Crippen MR) is 83.2 cm³/mol. The maximum atomic E-state index is 11.4. The third kappa shape index (κ3) is 6.66. The van der Waals surface area contributed by atoms with E-state index in [1.807, 2.05) is 39.8 Å². The van der Waals surface area contributed by atoms with Gasteiger partial charge in [0, 0.05) is 18.8 Å². The van der Waals surface area contributed by atoms with E-state index in [0.29, 0.717) is 18.7 Å². The number of ether oxygens (including phenoxy) is 1.